The second kappa shape index (κ2) is 21.4. The first kappa shape index (κ1) is 44.6. The average molecular weight is 756 g/mol. The van der Waals surface area contributed by atoms with Gasteiger partial charge in [-0.2, -0.15) is 0 Å². The minimum Gasteiger partial charge on any atom is -0.492 e. The highest BCUT2D eigenvalue weighted by Crippen LogP contribution is 2.36. The first-order chi connectivity index (χ1) is 25.0. The Balaban J connectivity index is 0.000000626. The van der Waals surface area contributed by atoms with Crippen LogP contribution in [-0.4, -0.2) is 181 Å². The van der Waals surface area contributed by atoms with E-state index in [9.17, 15) is 9.59 Å². The SMILES string of the molecule is COCC1OC(OC2C(COC)OC(OC)C(OC)C2OC)C(OC)C(OC)C1OC1OC(C)C(N)C(OC)C1OC.COc1c(CO)c(=O)c1=O. The molecular weight excluding hydrogens is 698 g/mol. The van der Waals surface area contributed by atoms with Crippen LogP contribution in [0.4, 0.5) is 0 Å². The number of rotatable bonds is 17. The summed E-state index contributed by atoms with van der Waals surface area (Å²) < 4.78 is 87.6. The molecule has 3 fully saturated rings. The Labute approximate surface area is 303 Å². The maximum absolute atomic E-state index is 10.5. The Hall–Kier alpha value is -1.76. The molecule has 0 aromatic heterocycles. The maximum Gasteiger partial charge on any atom is 0.268 e. The molecule has 0 spiro atoms. The summed E-state index contributed by atoms with van der Waals surface area (Å²) >= 11 is 0. The van der Waals surface area contributed by atoms with Gasteiger partial charge < -0.3 is 81.9 Å². The molecule has 0 saturated carbocycles. The van der Waals surface area contributed by atoms with Gasteiger partial charge in [0.05, 0.1) is 44.6 Å². The third-order valence-electron chi connectivity index (χ3n) is 9.48. The molecule has 0 bridgehead atoms. The zero-order valence-electron chi connectivity index (χ0n) is 31.7. The molecule has 3 aliphatic rings. The number of aliphatic hydroxyl groups excluding tert-OH is 1. The first-order valence-electron chi connectivity index (χ1n) is 16.7. The monoisotopic (exact) mass is 755 g/mol. The molecule has 3 saturated heterocycles. The summed E-state index contributed by atoms with van der Waals surface area (Å²) in [6, 6.07) is -0.417. The molecule has 0 amide bonds. The van der Waals surface area contributed by atoms with E-state index >= 15 is 0 Å². The Bertz CT molecular complexity index is 1220. The molecule has 1 aromatic carbocycles. The summed E-state index contributed by atoms with van der Waals surface area (Å²) in [4.78, 5) is 21.0. The van der Waals surface area contributed by atoms with E-state index in [1.165, 1.54) is 21.3 Å². The molecule has 52 heavy (non-hydrogen) atoms. The Morgan fingerprint density at radius 1 is 0.558 bits per heavy atom. The lowest BCUT2D eigenvalue weighted by Crippen LogP contribution is -2.68. The normalized spacial score (nSPS) is 38.1. The molecule has 15 unspecified atom stereocenters. The number of nitrogens with two attached hydrogens (primary N) is 1. The van der Waals surface area contributed by atoms with Crippen LogP contribution in [0, 0.1) is 0 Å². The van der Waals surface area contributed by atoms with Crippen molar-refractivity contribution in [1.82, 2.24) is 0 Å². The van der Waals surface area contributed by atoms with Crippen LogP contribution in [0.3, 0.4) is 0 Å². The van der Waals surface area contributed by atoms with Gasteiger partial charge in [-0.05, 0) is 6.92 Å². The van der Waals surface area contributed by atoms with Gasteiger partial charge in [0.15, 0.2) is 24.6 Å². The van der Waals surface area contributed by atoms with E-state index in [1.807, 2.05) is 6.92 Å². The van der Waals surface area contributed by atoms with Gasteiger partial charge in [0.1, 0.15) is 61.0 Å². The van der Waals surface area contributed by atoms with E-state index in [2.05, 4.69) is 4.74 Å². The van der Waals surface area contributed by atoms with Crippen LogP contribution >= 0.6 is 0 Å². The zero-order chi connectivity index (χ0) is 38.7. The van der Waals surface area contributed by atoms with Crippen molar-refractivity contribution < 1.29 is 76.2 Å². The minimum absolute atomic E-state index is 0.00694. The van der Waals surface area contributed by atoms with Crippen molar-refractivity contribution >= 4 is 0 Å². The molecule has 302 valence electrons. The largest absolute Gasteiger partial charge is 0.492 e. The number of aliphatic hydroxyl groups is 1. The van der Waals surface area contributed by atoms with E-state index < -0.39 is 103 Å². The molecular formula is C33H57NO18. The molecule has 0 radical (unpaired) electrons. The second-order valence-corrected chi connectivity index (χ2v) is 12.3. The van der Waals surface area contributed by atoms with Gasteiger partial charge in [-0.3, -0.25) is 9.59 Å². The Morgan fingerprint density at radius 2 is 0.981 bits per heavy atom. The number of methoxy groups -OCH3 is 10. The summed E-state index contributed by atoms with van der Waals surface area (Å²) in [6.45, 7) is 1.78. The quantitative estimate of drug-likeness (QED) is 0.166. The lowest BCUT2D eigenvalue weighted by Gasteiger charge is -2.50. The van der Waals surface area contributed by atoms with Crippen molar-refractivity contribution in [3.63, 3.8) is 0 Å². The highest BCUT2D eigenvalue weighted by molar-refractivity contribution is 5.38. The molecule has 3 N–H and O–H groups in total. The first-order valence-corrected chi connectivity index (χ1v) is 16.7. The van der Waals surface area contributed by atoms with Crippen LogP contribution in [0.5, 0.6) is 5.75 Å². The van der Waals surface area contributed by atoms with E-state index in [1.54, 1.807) is 49.8 Å². The second-order valence-electron chi connectivity index (χ2n) is 12.3. The number of hydrogen-bond acceptors (Lipinski definition) is 19. The lowest BCUT2D eigenvalue weighted by molar-refractivity contribution is -0.381. The van der Waals surface area contributed by atoms with E-state index in [0.29, 0.717) is 0 Å². The Morgan fingerprint density at radius 3 is 1.37 bits per heavy atom. The van der Waals surface area contributed by atoms with Gasteiger partial charge >= 0.3 is 0 Å². The summed E-state index contributed by atoms with van der Waals surface area (Å²) in [5, 5.41) is 8.46. The van der Waals surface area contributed by atoms with Crippen LogP contribution in [0.1, 0.15) is 12.5 Å². The van der Waals surface area contributed by atoms with Crippen LogP contribution in [0.25, 0.3) is 0 Å². The van der Waals surface area contributed by atoms with Gasteiger partial charge in [-0.1, -0.05) is 0 Å². The average Bonchev–Trinajstić information content (AvgIpc) is 3.15. The Kier molecular flexibility index (Phi) is 18.3. The molecule has 15 atom stereocenters. The summed E-state index contributed by atoms with van der Waals surface area (Å²) in [6.07, 6.45) is -9.25. The molecule has 0 aliphatic carbocycles. The van der Waals surface area contributed by atoms with Gasteiger partial charge in [0.2, 0.25) is 5.43 Å². The standard InChI is InChI=1S/C27H51NO14.C6H6O4/c1-13-16(28)19(31-4)22(34-7)26(38-13)41-18-15(12-30-3)40-27(24(36-9)21(18)33-6)42-17-14(11-29-2)39-25(37-10)23(35-8)20(17)32-5;1-10-6-3(2-7)4(8)5(6)9/h13-27H,11-12,28H2,1-10H3;7H,2H2,1H3. The maximum atomic E-state index is 10.5. The fourth-order valence-electron chi connectivity index (χ4n) is 6.77. The lowest BCUT2D eigenvalue weighted by atomic mass is 9.95. The van der Waals surface area contributed by atoms with E-state index in [0.717, 1.165) is 0 Å². The zero-order valence-corrected chi connectivity index (χ0v) is 31.7. The van der Waals surface area contributed by atoms with E-state index in [4.69, 9.17) is 77.2 Å². The van der Waals surface area contributed by atoms with Crippen molar-refractivity contribution in [3.8, 4) is 5.75 Å². The molecule has 1 aromatic rings. The van der Waals surface area contributed by atoms with Gasteiger partial charge in [0.25, 0.3) is 5.43 Å². The predicted molar refractivity (Wildman–Crippen MR) is 179 cm³/mol. The summed E-state index contributed by atoms with van der Waals surface area (Å²) in [5.74, 6) is -0.00694. The van der Waals surface area contributed by atoms with Gasteiger partial charge in [0, 0.05) is 64.0 Å². The van der Waals surface area contributed by atoms with Crippen molar-refractivity contribution in [3.05, 3.63) is 26.0 Å². The fraction of sp³-hybridized carbons (Fsp3) is 0.879. The van der Waals surface area contributed by atoms with Crippen LogP contribution in [0.2, 0.25) is 0 Å². The fourth-order valence-corrected chi connectivity index (χ4v) is 6.77. The molecule has 19 nitrogen and oxygen atoms in total. The van der Waals surface area contributed by atoms with Crippen LogP contribution < -0.4 is 21.3 Å². The summed E-state index contributed by atoms with van der Waals surface area (Å²) in [7, 11) is 15.3. The van der Waals surface area contributed by atoms with Crippen molar-refractivity contribution in [2.24, 2.45) is 5.73 Å². The molecule has 4 rings (SSSR count). The third-order valence-corrected chi connectivity index (χ3v) is 9.48. The topological polar surface area (TPSA) is 219 Å². The molecule has 3 aliphatic heterocycles. The predicted octanol–water partition coefficient (Wildman–Crippen LogP) is -1.91. The summed E-state index contributed by atoms with van der Waals surface area (Å²) in [5.41, 5.74) is 5.12. The molecule has 3 heterocycles. The van der Waals surface area contributed by atoms with Crippen LogP contribution in [0.15, 0.2) is 9.59 Å². The highest BCUT2D eigenvalue weighted by atomic mass is 16.8. The van der Waals surface area contributed by atoms with Gasteiger partial charge in [-0.25, -0.2) is 0 Å². The minimum atomic E-state index is -0.952. The van der Waals surface area contributed by atoms with E-state index in [-0.39, 0.29) is 30.6 Å². The van der Waals surface area contributed by atoms with Crippen molar-refractivity contribution in [2.45, 2.75) is 106 Å². The van der Waals surface area contributed by atoms with Crippen molar-refractivity contribution in [1.29, 1.82) is 0 Å². The smallest absolute Gasteiger partial charge is 0.268 e. The number of hydrogen-bond donors (Lipinski definition) is 2. The number of ether oxygens (including phenoxy) is 15. The molecule has 19 heteroatoms. The highest BCUT2D eigenvalue weighted by Gasteiger charge is 2.55. The van der Waals surface area contributed by atoms with Gasteiger partial charge in [-0.15, -0.1) is 0 Å². The van der Waals surface area contributed by atoms with Crippen LogP contribution in [-0.2, 0) is 72.9 Å². The van der Waals surface area contributed by atoms with Crippen molar-refractivity contribution in [2.75, 3.05) is 84.3 Å². The third kappa shape index (κ3) is 9.54.